The molecule has 0 unspecified atom stereocenters. The van der Waals surface area contributed by atoms with E-state index in [1.165, 1.54) is 0 Å². The van der Waals surface area contributed by atoms with Crippen LogP contribution >= 0.6 is 0 Å². The van der Waals surface area contributed by atoms with Crippen LogP contribution in [0.15, 0.2) is 0 Å². The van der Waals surface area contributed by atoms with Crippen LogP contribution in [-0.4, -0.2) is 35.5 Å². The number of rotatable bonds is 2. The second-order valence-electron chi connectivity index (χ2n) is 5.16. The lowest BCUT2D eigenvalue weighted by Crippen LogP contribution is -2.51. The Morgan fingerprint density at radius 2 is 1.87 bits per heavy atom. The van der Waals surface area contributed by atoms with Crippen molar-refractivity contribution >= 4 is 11.9 Å². The molecule has 1 saturated heterocycles. The van der Waals surface area contributed by atoms with Crippen LogP contribution in [-0.2, 0) is 9.53 Å². The highest BCUT2D eigenvalue weighted by molar-refractivity contribution is 5.76. The maximum Gasteiger partial charge on any atom is 0.410 e. The van der Waals surface area contributed by atoms with Gasteiger partial charge in [0.25, 0.3) is 0 Å². The predicted octanol–water partition coefficient (Wildman–Crippen LogP) is 1.83. The molecule has 0 aromatic heterocycles. The van der Waals surface area contributed by atoms with E-state index in [9.17, 15) is 9.59 Å². The SMILES string of the molecule is CC(=O)CC1CN(C(=O)OC(C)(C)C)C1. The Morgan fingerprint density at radius 3 is 2.27 bits per heavy atom. The van der Waals surface area contributed by atoms with Gasteiger partial charge < -0.3 is 14.4 Å². The Labute approximate surface area is 90.6 Å². The highest BCUT2D eigenvalue weighted by atomic mass is 16.6. The van der Waals surface area contributed by atoms with E-state index in [4.69, 9.17) is 4.74 Å². The number of hydrogen-bond donors (Lipinski definition) is 0. The van der Waals surface area contributed by atoms with E-state index in [-0.39, 0.29) is 11.9 Å². The van der Waals surface area contributed by atoms with Gasteiger partial charge in [-0.2, -0.15) is 0 Å². The number of likely N-dealkylation sites (tertiary alicyclic amines) is 1. The summed E-state index contributed by atoms with van der Waals surface area (Å²) < 4.78 is 5.20. The molecule has 1 fully saturated rings. The first kappa shape index (κ1) is 12.0. The topological polar surface area (TPSA) is 46.6 Å². The molecule has 0 N–H and O–H groups in total. The quantitative estimate of drug-likeness (QED) is 0.703. The second kappa shape index (κ2) is 4.21. The molecule has 0 radical (unpaired) electrons. The Kier molecular flexibility index (Phi) is 3.37. The van der Waals surface area contributed by atoms with Crippen molar-refractivity contribution in [1.29, 1.82) is 0 Å². The van der Waals surface area contributed by atoms with Crippen LogP contribution in [0.4, 0.5) is 4.79 Å². The molecule has 0 bridgehead atoms. The molecule has 0 saturated carbocycles. The van der Waals surface area contributed by atoms with Crippen molar-refractivity contribution in [1.82, 2.24) is 4.90 Å². The van der Waals surface area contributed by atoms with Gasteiger partial charge in [-0.25, -0.2) is 4.79 Å². The monoisotopic (exact) mass is 213 g/mol. The highest BCUT2D eigenvalue weighted by Gasteiger charge is 2.33. The molecule has 0 aromatic carbocycles. The number of nitrogens with zero attached hydrogens (tertiary/aromatic N) is 1. The summed E-state index contributed by atoms with van der Waals surface area (Å²) in [7, 11) is 0. The lowest BCUT2D eigenvalue weighted by atomic mass is 9.95. The average Bonchev–Trinajstić information content (AvgIpc) is 1.91. The molecular weight excluding hydrogens is 194 g/mol. The summed E-state index contributed by atoms with van der Waals surface area (Å²) in [5.41, 5.74) is -0.442. The maximum absolute atomic E-state index is 11.5. The lowest BCUT2D eigenvalue weighted by Gasteiger charge is -2.39. The molecule has 1 aliphatic heterocycles. The van der Waals surface area contributed by atoms with Gasteiger partial charge >= 0.3 is 6.09 Å². The molecule has 0 atom stereocenters. The number of ketones is 1. The predicted molar refractivity (Wildman–Crippen MR) is 56.6 cm³/mol. The molecule has 0 aliphatic carbocycles. The number of carbonyl (C=O) groups excluding carboxylic acids is 2. The van der Waals surface area contributed by atoms with Crippen molar-refractivity contribution in [2.24, 2.45) is 5.92 Å². The van der Waals surface area contributed by atoms with Crippen molar-refractivity contribution < 1.29 is 14.3 Å². The minimum atomic E-state index is -0.442. The summed E-state index contributed by atoms with van der Waals surface area (Å²) in [6.45, 7) is 8.41. The summed E-state index contributed by atoms with van der Waals surface area (Å²) >= 11 is 0. The van der Waals surface area contributed by atoms with Gasteiger partial charge in [0, 0.05) is 25.4 Å². The third kappa shape index (κ3) is 3.90. The third-order valence-corrected chi connectivity index (χ3v) is 2.18. The van der Waals surface area contributed by atoms with E-state index < -0.39 is 5.60 Å². The first-order valence-electron chi connectivity index (χ1n) is 5.25. The number of carbonyl (C=O) groups is 2. The summed E-state index contributed by atoms with van der Waals surface area (Å²) in [5, 5.41) is 0. The Hall–Kier alpha value is -1.06. The lowest BCUT2D eigenvalue weighted by molar-refractivity contribution is -0.119. The van der Waals surface area contributed by atoms with Crippen LogP contribution < -0.4 is 0 Å². The Morgan fingerprint density at radius 1 is 1.33 bits per heavy atom. The minimum absolute atomic E-state index is 0.184. The van der Waals surface area contributed by atoms with Crippen molar-refractivity contribution in [3.63, 3.8) is 0 Å². The van der Waals surface area contributed by atoms with E-state index in [0.717, 1.165) is 0 Å². The van der Waals surface area contributed by atoms with E-state index in [1.807, 2.05) is 20.8 Å². The van der Waals surface area contributed by atoms with E-state index in [0.29, 0.717) is 25.4 Å². The van der Waals surface area contributed by atoms with Crippen molar-refractivity contribution in [3.05, 3.63) is 0 Å². The summed E-state index contributed by atoms with van der Waals surface area (Å²) in [6.07, 6.45) is 0.293. The van der Waals surface area contributed by atoms with Gasteiger partial charge in [-0.15, -0.1) is 0 Å². The summed E-state index contributed by atoms with van der Waals surface area (Å²) in [6, 6.07) is 0. The number of hydrogen-bond acceptors (Lipinski definition) is 3. The van der Waals surface area contributed by atoms with Gasteiger partial charge in [0.05, 0.1) is 0 Å². The number of ether oxygens (including phenoxy) is 1. The van der Waals surface area contributed by atoms with Crippen molar-refractivity contribution in [2.75, 3.05) is 13.1 Å². The fourth-order valence-corrected chi connectivity index (χ4v) is 1.58. The fraction of sp³-hybridized carbons (Fsp3) is 0.818. The van der Waals surface area contributed by atoms with Crippen molar-refractivity contribution in [3.8, 4) is 0 Å². The van der Waals surface area contributed by atoms with E-state index >= 15 is 0 Å². The molecule has 86 valence electrons. The smallest absolute Gasteiger partial charge is 0.410 e. The van der Waals surface area contributed by atoms with Crippen molar-refractivity contribution in [2.45, 2.75) is 39.7 Å². The Bertz CT molecular complexity index is 261. The molecule has 4 heteroatoms. The molecule has 1 aliphatic rings. The highest BCUT2D eigenvalue weighted by Crippen LogP contribution is 2.21. The van der Waals surface area contributed by atoms with Crippen LogP contribution in [0.5, 0.6) is 0 Å². The molecule has 0 spiro atoms. The zero-order chi connectivity index (χ0) is 11.6. The van der Waals surface area contributed by atoms with Gasteiger partial charge in [0.15, 0.2) is 0 Å². The largest absolute Gasteiger partial charge is 0.444 e. The fourth-order valence-electron chi connectivity index (χ4n) is 1.58. The molecular formula is C11H19NO3. The zero-order valence-electron chi connectivity index (χ0n) is 9.87. The summed E-state index contributed by atoms with van der Waals surface area (Å²) in [5.74, 6) is 0.513. The van der Waals surface area contributed by atoms with Gasteiger partial charge in [-0.3, -0.25) is 0 Å². The van der Waals surface area contributed by atoms with Crippen LogP contribution in [0.25, 0.3) is 0 Å². The molecule has 0 aromatic rings. The number of amides is 1. The molecule has 1 amide bonds. The van der Waals surface area contributed by atoms with Crippen LogP contribution in [0, 0.1) is 5.92 Å². The Balaban J connectivity index is 2.27. The normalized spacial score (nSPS) is 17.2. The van der Waals surface area contributed by atoms with Gasteiger partial charge in [-0.1, -0.05) is 0 Å². The molecule has 1 rings (SSSR count). The molecule has 15 heavy (non-hydrogen) atoms. The summed E-state index contributed by atoms with van der Waals surface area (Å²) in [4.78, 5) is 23.9. The van der Waals surface area contributed by atoms with Crippen LogP contribution in [0.3, 0.4) is 0 Å². The van der Waals surface area contributed by atoms with E-state index in [1.54, 1.807) is 11.8 Å². The molecule has 1 heterocycles. The first-order valence-corrected chi connectivity index (χ1v) is 5.25. The standard InChI is InChI=1S/C11H19NO3/c1-8(13)5-9-6-12(7-9)10(14)15-11(2,3)4/h9H,5-7H2,1-4H3. The van der Waals surface area contributed by atoms with Crippen LogP contribution in [0.1, 0.15) is 34.1 Å². The van der Waals surface area contributed by atoms with Gasteiger partial charge in [0.2, 0.25) is 0 Å². The second-order valence-corrected chi connectivity index (χ2v) is 5.16. The van der Waals surface area contributed by atoms with Gasteiger partial charge in [0.1, 0.15) is 11.4 Å². The molecule has 4 nitrogen and oxygen atoms in total. The maximum atomic E-state index is 11.5. The zero-order valence-corrected chi connectivity index (χ0v) is 9.87. The first-order chi connectivity index (χ1) is 6.78. The van der Waals surface area contributed by atoms with E-state index in [2.05, 4.69) is 0 Å². The average molecular weight is 213 g/mol. The van der Waals surface area contributed by atoms with Gasteiger partial charge in [-0.05, 0) is 27.7 Å². The van der Waals surface area contributed by atoms with Crippen LogP contribution in [0.2, 0.25) is 0 Å². The number of Topliss-reactive ketones (excluding diaryl/α,β-unsaturated/α-hetero) is 1. The minimum Gasteiger partial charge on any atom is -0.444 e. The third-order valence-electron chi connectivity index (χ3n) is 2.18.